The van der Waals surface area contributed by atoms with Crippen molar-refractivity contribution < 1.29 is 9.90 Å². The van der Waals surface area contributed by atoms with E-state index < -0.39 is 29.1 Å². The Morgan fingerprint density at radius 3 is 1.82 bits per heavy atom. The van der Waals surface area contributed by atoms with Crippen molar-refractivity contribution in [2.75, 3.05) is 0 Å². The second-order valence-corrected chi connectivity index (χ2v) is 3.60. The van der Waals surface area contributed by atoms with Crippen molar-refractivity contribution in [1.82, 2.24) is 13.7 Å². The van der Waals surface area contributed by atoms with Crippen LogP contribution in [0.1, 0.15) is 19.4 Å². The van der Waals surface area contributed by atoms with E-state index >= 15 is 0 Å². The van der Waals surface area contributed by atoms with Crippen LogP contribution in [0.25, 0.3) is 0 Å². The van der Waals surface area contributed by atoms with Gasteiger partial charge in [-0.05, 0) is 6.42 Å². The minimum absolute atomic E-state index is 0.0721. The first kappa shape index (κ1) is 12.9. The van der Waals surface area contributed by atoms with Gasteiger partial charge in [-0.2, -0.15) is 0 Å². The number of rotatable bonds is 3. The smallest absolute Gasteiger partial charge is 0.336 e. The van der Waals surface area contributed by atoms with Gasteiger partial charge in [0.25, 0.3) is 0 Å². The van der Waals surface area contributed by atoms with Gasteiger partial charge >= 0.3 is 23.0 Å². The number of hydrogen-bond acceptors (Lipinski definition) is 4. The topological polar surface area (TPSA) is 103 Å². The Morgan fingerprint density at radius 2 is 1.53 bits per heavy atom. The third-order valence-corrected chi connectivity index (χ3v) is 2.54. The molecule has 0 aliphatic heterocycles. The lowest BCUT2D eigenvalue weighted by molar-refractivity contribution is -0.141. The summed E-state index contributed by atoms with van der Waals surface area (Å²) in [4.78, 5) is 45.8. The van der Waals surface area contributed by atoms with Crippen molar-refractivity contribution in [3.63, 3.8) is 0 Å². The SMILES string of the molecule is CCC(C(=O)O)n1c(=O)n(C)c(=O)n(C)c1=O. The fourth-order valence-corrected chi connectivity index (χ4v) is 1.53. The number of carboxylic acids is 1. The van der Waals surface area contributed by atoms with Crippen LogP contribution in [0.3, 0.4) is 0 Å². The zero-order valence-electron chi connectivity index (χ0n) is 9.71. The molecule has 8 nitrogen and oxygen atoms in total. The normalized spacial score (nSPS) is 12.4. The minimum Gasteiger partial charge on any atom is -0.480 e. The van der Waals surface area contributed by atoms with E-state index in [1.807, 2.05) is 0 Å². The molecule has 94 valence electrons. The third kappa shape index (κ3) is 1.93. The molecule has 0 aliphatic carbocycles. The molecular formula is C9H13N3O5. The summed E-state index contributed by atoms with van der Waals surface area (Å²) in [5.41, 5.74) is -2.63. The lowest BCUT2D eigenvalue weighted by atomic mass is 10.2. The summed E-state index contributed by atoms with van der Waals surface area (Å²) in [6.45, 7) is 1.54. The molecule has 0 amide bonds. The lowest BCUT2D eigenvalue weighted by Gasteiger charge is -2.14. The summed E-state index contributed by atoms with van der Waals surface area (Å²) in [7, 11) is 2.38. The maximum Gasteiger partial charge on any atom is 0.336 e. The molecule has 0 saturated carbocycles. The summed E-state index contributed by atoms with van der Waals surface area (Å²) < 4.78 is 1.98. The Morgan fingerprint density at radius 1 is 1.12 bits per heavy atom. The van der Waals surface area contributed by atoms with Gasteiger partial charge in [-0.25, -0.2) is 32.9 Å². The van der Waals surface area contributed by atoms with E-state index in [0.29, 0.717) is 13.7 Å². The molecule has 1 unspecified atom stereocenters. The predicted molar refractivity (Wildman–Crippen MR) is 58.1 cm³/mol. The zero-order valence-corrected chi connectivity index (χ0v) is 9.71. The first-order valence-electron chi connectivity index (χ1n) is 4.94. The van der Waals surface area contributed by atoms with E-state index in [0.717, 1.165) is 0 Å². The van der Waals surface area contributed by atoms with Crippen molar-refractivity contribution in [3.05, 3.63) is 31.5 Å². The summed E-state index contributed by atoms with van der Waals surface area (Å²) in [6, 6.07) is -1.27. The molecule has 17 heavy (non-hydrogen) atoms. The highest BCUT2D eigenvalue weighted by atomic mass is 16.4. The quantitative estimate of drug-likeness (QED) is 0.680. The zero-order chi connectivity index (χ0) is 13.3. The Labute approximate surface area is 95.4 Å². The van der Waals surface area contributed by atoms with Crippen LogP contribution in [0.4, 0.5) is 0 Å². The van der Waals surface area contributed by atoms with Crippen molar-refractivity contribution >= 4 is 5.97 Å². The second-order valence-electron chi connectivity index (χ2n) is 3.60. The largest absolute Gasteiger partial charge is 0.480 e. The van der Waals surface area contributed by atoms with Crippen LogP contribution in [0.15, 0.2) is 14.4 Å². The third-order valence-electron chi connectivity index (χ3n) is 2.54. The summed E-state index contributed by atoms with van der Waals surface area (Å²) in [6.07, 6.45) is 0.0721. The van der Waals surface area contributed by atoms with Gasteiger partial charge in [0.15, 0.2) is 0 Å². The standard InChI is InChI=1S/C9H13N3O5/c1-4-5(6(13)14)12-8(16)10(2)7(15)11(3)9(12)17/h5H,4H2,1-3H3,(H,13,14). The molecular weight excluding hydrogens is 230 g/mol. The first-order chi connectivity index (χ1) is 7.82. The van der Waals surface area contributed by atoms with Crippen LogP contribution in [-0.4, -0.2) is 24.8 Å². The molecule has 1 rings (SSSR count). The lowest BCUT2D eigenvalue weighted by Crippen LogP contribution is -2.54. The van der Waals surface area contributed by atoms with E-state index in [4.69, 9.17) is 5.11 Å². The average Bonchev–Trinajstić information content (AvgIpc) is 2.29. The van der Waals surface area contributed by atoms with Gasteiger partial charge < -0.3 is 5.11 Å². The maximum absolute atomic E-state index is 11.7. The van der Waals surface area contributed by atoms with Gasteiger partial charge in [-0.1, -0.05) is 6.92 Å². The van der Waals surface area contributed by atoms with Gasteiger partial charge in [-0.15, -0.1) is 0 Å². The summed E-state index contributed by atoms with van der Waals surface area (Å²) in [5.74, 6) is -1.29. The van der Waals surface area contributed by atoms with Crippen LogP contribution in [0, 0.1) is 0 Å². The van der Waals surface area contributed by atoms with Crippen molar-refractivity contribution in [2.24, 2.45) is 14.1 Å². The Kier molecular flexibility index (Phi) is 3.35. The van der Waals surface area contributed by atoms with E-state index in [-0.39, 0.29) is 6.42 Å². The predicted octanol–water partition coefficient (Wildman–Crippen LogP) is -1.72. The van der Waals surface area contributed by atoms with Crippen molar-refractivity contribution in [2.45, 2.75) is 19.4 Å². The van der Waals surface area contributed by atoms with E-state index in [1.165, 1.54) is 21.0 Å². The van der Waals surface area contributed by atoms with Crippen LogP contribution in [0.5, 0.6) is 0 Å². The number of carboxylic acid groups (broad SMARTS) is 1. The average molecular weight is 243 g/mol. The second kappa shape index (κ2) is 4.40. The van der Waals surface area contributed by atoms with Crippen LogP contribution in [0.2, 0.25) is 0 Å². The molecule has 0 fully saturated rings. The number of carbonyl (C=O) groups is 1. The number of hydrogen-bond donors (Lipinski definition) is 1. The highest BCUT2D eigenvalue weighted by Gasteiger charge is 2.23. The summed E-state index contributed by atoms with van der Waals surface area (Å²) >= 11 is 0. The van der Waals surface area contributed by atoms with E-state index in [9.17, 15) is 19.2 Å². The summed E-state index contributed by atoms with van der Waals surface area (Å²) in [5, 5.41) is 8.93. The molecule has 1 heterocycles. The highest BCUT2D eigenvalue weighted by Crippen LogP contribution is 2.04. The van der Waals surface area contributed by atoms with Crippen LogP contribution < -0.4 is 17.1 Å². The molecule has 1 N–H and O–H groups in total. The highest BCUT2D eigenvalue weighted by molar-refractivity contribution is 5.71. The van der Waals surface area contributed by atoms with Crippen LogP contribution >= 0.6 is 0 Å². The molecule has 0 radical (unpaired) electrons. The molecule has 0 spiro atoms. The monoisotopic (exact) mass is 243 g/mol. The Hall–Kier alpha value is -2.12. The fraction of sp³-hybridized carbons (Fsp3) is 0.556. The molecule has 0 saturated heterocycles. The fourth-order valence-electron chi connectivity index (χ4n) is 1.53. The Bertz CT molecular complexity index is 581. The van der Waals surface area contributed by atoms with E-state index in [2.05, 4.69) is 0 Å². The molecule has 1 atom stereocenters. The van der Waals surface area contributed by atoms with Gasteiger partial charge in [0.05, 0.1) is 0 Å². The van der Waals surface area contributed by atoms with Crippen molar-refractivity contribution in [1.29, 1.82) is 0 Å². The van der Waals surface area contributed by atoms with Gasteiger partial charge in [0.2, 0.25) is 0 Å². The maximum atomic E-state index is 11.7. The number of nitrogens with zero attached hydrogens (tertiary/aromatic N) is 3. The number of aromatic nitrogens is 3. The molecule has 8 heteroatoms. The molecule has 1 aromatic rings. The van der Waals surface area contributed by atoms with E-state index in [1.54, 1.807) is 0 Å². The Balaban J connectivity index is 3.78. The molecule has 1 aromatic heterocycles. The number of aliphatic carboxylic acids is 1. The van der Waals surface area contributed by atoms with Gasteiger partial charge in [-0.3, -0.25) is 0 Å². The van der Waals surface area contributed by atoms with Gasteiger partial charge in [0.1, 0.15) is 6.04 Å². The van der Waals surface area contributed by atoms with Gasteiger partial charge in [0, 0.05) is 14.1 Å². The minimum atomic E-state index is -1.29. The van der Waals surface area contributed by atoms with Crippen molar-refractivity contribution in [3.8, 4) is 0 Å². The van der Waals surface area contributed by atoms with Crippen LogP contribution in [-0.2, 0) is 18.9 Å². The molecule has 0 aliphatic rings. The first-order valence-corrected chi connectivity index (χ1v) is 4.94. The molecule has 0 bridgehead atoms. The molecule has 0 aromatic carbocycles.